The third kappa shape index (κ3) is 5.30. The number of sulfonamides is 1. The highest BCUT2D eigenvalue weighted by atomic mass is 35.5. The molecule has 0 saturated carbocycles. The lowest BCUT2D eigenvalue weighted by Crippen LogP contribution is -2.34. The number of nitrogens with one attached hydrogen (secondary N) is 1. The zero-order valence-electron chi connectivity index (χ0n) is 11.1. The maximum atomic E-state index is 12.2. The van der Waals surface area contributed by atoms with Crippen LogP contribution in [0.3, 0.4) is 0 Å². The Morgan fingerprint density at radius 3 is 2.47 bits per heavy atom. The van der Waals surface area contributed by atoms with Gasteiger partial charge in [-0.05, 0) is 30.4 Å². The minimum atomic E-state index is -3.56. The number of hydrogen-bond acceptors (Lipinski definition) is 2. The Labute approximate surface area is 125 Å². The van der Waals surface area contributed by atoms with E-state index in [1.165, 1.54) is 6.07 Å². The molecule has 1 aromatic carbocycles. The van der Waals surface area contributed by atoms with Crippen LogP contribution in [0.15, 0.2) is 29.2 Å². The van der Waals surface area contributed by atoms with Crippen LogP contribution < -0.4 is 4.72 Å². The predicted octanol–water partition coefficient (Wildman–Crippen LogP) is 3.66. The lowest BCUT2D eigenvalue weighted by molar-refractivity contribution is 0.331. The van der Waals surface area contributed by atoms with Crippen molar-refractivity contribution in [3.63, 3.8) is 0 Å². The number of rotatable bonds is 7. The van der Waals surface area contributed by atoms with E-state index in [1.54, 1.807) is 18.2 Å². The van der Waals surface area contributed by atoms with E-state index in [9.17, 15) is 8.42 Å². The molecule has 0 fully saturated rings. The van der Waals surface area contributed by atoms with Gasteiger partial charge in [-0.3, -0.25) is 0 Å². The molecule has 0 aliphatic heterocycles. The zero-order chi connectivity index (χ0) is 14.5. The fourth-order valence-corrected chi connectivity index (χ4v) is 3.56. The van der Waals surface area contributed by atoms with Crippen LogP contribution >= 0.6 is 23.2 Å². The van der Waals surface area contributed by atoms with Gasteiger partial charge in [-0.1, -0.05) is 37.6 Å². The molecule has 0 bridgehead atoms. The normalized spacial score (nSPS) is 12.6. The summed E-state index contributed by atoms with van der Waals surface area (Å²) in [5, 5.41) is 0.230. The van der Waals surface area contributed by atoms with Crippen LogP contribution in [-0.2, 0) is 10.0 Å². The van der Waals surface area contributed by atoms with Crippen molar-refractivity contribution in [2.45, 2.75) is 31.6 Å². The van der Waals surface area contributed by atoms with Gasteiger partial charge in [0.15, 0.2) is 0 Å². The van der Waals surface area contributed by atoms with Crippen molar-refractivity contribution in [2.75, 3.05) is 12.4 Å². The molecule has 0 radical (unpaired) electrons. The molecule has 0 heterocycles. The average Bonchev–Trinajstić information content (AvgIpc) is 2.35. The van der Waals surface area contributed by atoms with Crippen LogP contribution in [0.5, 0.6) is 0 Å². The summed E-state index contributed by atoms with van der Waals surface area (Å²) < 4.78 is 26.9. The van der Waals surface area contributed by atoms with Gasteiger partial charge < -0.3 is 0 Å². The molecule has 1 rings (SSSR count). The highest BCUT2D eigenvalue weighted by Crippen LogP contribution is 2.24. The number of benzene rings is 1. The maximum absolute atomic E-state index is 12.2. The largest absolute Gasteiger partial charge is 0.242 e. The molecular formula is C13H19Cl2NO2S. The third-order valence-electron chi connectivity index (χ3n) is 2.85. The van der Waals surface area contributed by atoms with E-state index in [2.05, 4.69) is 4.72 Å². The van der Waals surface area contributed by atoms with Crippen LogP contribution in [-0.4, -0.2) is 20.8 Å². The van der Waals surface area contributed by atoms with Gasteiger partial charge in [-0.2, -0.15) is 0 Å². The first-order valence-electron chi connectivity index (χ1n) is 6.09. The monoisotopic (exact) mass is 323 g/mol. The summed E-state index contributed by atoms with van der Waals surface area (Å²) in [4.78, 5) is 0.116. The summed E-state index contributed by atoms with van der Waals surface area (Å²) >= 11 is 11.6. The van der Waals surface area contributed by atoms with Gasteiger partial charge in [0, 0.05) is 12.4 Å². The SMILES string of the molecule is CC(C)(CCCCl)CNS(=O)(=O)c1ccccc1Cl. The molecule has 3 nitrogen and oxygen atoms in total. The summed E-state index contributed by atoms with van der Waals surface area (Å²) in [6, 6.07) is 6.41. The van der Waals surface area contributed by atoms with E-state index in [1.807, 2.05) is 13.8 Å². The molecule has 0 amide bonds. The molecule has 6 heteroatoms. The molecule has 0 aromatic heterocycles. The quantitative estimate of drug-likeness (QED) is 0.778. The molecule has 19 heavy (non-hydrogen) atoms. The Morgan fingerprint density at radius 1 is 1.26 bits per heavy atom. The van der Waals surface area contributed by atoms with Crippen molar-refractivity contribution >= 4 is 33.2 Å². The summed E-state index contributed by atoms with van der Waals surface area (Å²) in [5.41, 5.74) is -0.136. The van der Waals surface area contributed by atoms with Gasteiger partial charge in [-0.25, -0.2) is 13.1 Å². The van der Waals surface area contributed by atoms with E-state index in [0.29, 0.717) is 12.4 Å². The van der Waals surface area contributed by atoms with E-state index in [-0.39, 0.29) is 15.3 Å². The standard InChI is InChI=1S/C13H19Cl2NO2S/c1-13(2,8-5-9-14)10-16-19(17,18)12-7-4-3-6-11(12)15/h3-4,6-7,16H,5,8-10H2,1-2H3. The minimum Gasteiger partial charge on any atom is -0.211 e. The molecule has 0 saturated heterocycles. The Hall–Kier alpha value is -0.290. The van der Waals surface area contributed by atoms with Crippen molar-refractivity contribution in [1.29, 1.82) is 0 Å². The lowest BCUT2D eigenvalue weighted by Gasteiger charge is -2.24. The fraction of sp³-hybridized carbons (Fsp3) is 0.538. The van der Waals surface area contributed by atoms with Gasteiger partial charge in [0.25, 0.3) is 0 Å². The summed E-state index contributed by atoms with van der Waals surface area (Å²) in [7, 11) is -3.56. The van der Waals surface area contributed by atoms with Crippen LogP contribution in [0.1, 0.15) is 26.7 Å². The third-order valence-corrected chi connectivity index (χ3v) is 5.02. The molecule has 0 unspecified atom stereocenters. The van der Waals surface area contributed by atoms with Gasteiger partial charge >= 0.3 is 0 Å². The van der Waals surface area contributed by atoms with Crippen molar-refractivity contribution in [1.82, 2.24) is 4.72 Å². The van der Waals surface area contributed by atoms with Gasteiger partial charge in [0.1, 0.15) is 4.90 Å². The second kappa shape index (κ2) is 6.93. The highest BCUT2D eigenvalue weighted by molar-refractivity contribution is 7.89. The van der Waals surface area contributed by atoms with Crippen LogP contribution in [0.2, 0.25) is 5.02 Å². The van der Waals surface area contributed by atoms with Gasteiger partial charge in [-0.15, -0.1) is 11.6 Å². The number of halogens is 2. The van der Waals surface area contributed by atoms with Crippen molar-refractivity contribution in [3.8, 4) is 0 Å². The molecule has 1 N–H and O–H groups in total. The van der Waals surface area contributed by atoms with Gasteiger partial charge in [0.05, 0.1) is 5.02 Å². The van der Waals surface area contributed by atoms with E-state index in [0.717, 1.165) is 12.8 Å². The average molecular weight is 324 g/mol. The maximum Gasteiger partial charge on any atom is 0.242 e. The van der Waals surface area contributed by atoms with E-state index < -0.39 is 10.0 Å². The minimum absolute atomic E-state index is 0.116. The zero-order valence-corrected chi connectivity index (χ0v) is 13.4. The van der Waals surface area contributed by atoms with Crippen molar-refractivity contribution in [2.24, 2.45) is 5.41 Å². The second-order valence-corrected chi connectivity index (χ2v) is 7.73. The molecule has 0 atom stereocenters. The fourth-order valence-electron chi connectivity index (χ4n) is 1.66. The molecule has 1 aromatic rings. The summed E-state index contributed by atoms with van der Waals surface area (Å²) in [5.74, 6) is 0.584. The summed E-state index contributed by atoms with van der Waals surface area (Å²) in [6.45, 7) is 4.38. The Kier molecular flexibility index (Phi) is 6.12. The molecule has 108 valence electrons. The highest BCUT2D eigenvalue weighted by Gasteiger charge is 2.23. The molecule has 0 aliphatic rings. The number of hydrogen-bond donors (Lipinski definition) is 1. The molecule has 0 aliphatic carbocycles. The summed E-state index contributed by atoms with van der Waals surface area (Å²) in [6.07, 6.45) is 1.73. The smallest absolute Gasteiger partial charge is 0.211 e. The van der Waals surface area contributed by atoms with Gasteiger partial charge in [0.2, 0.25) is 10.0 Å². The first-order valence-corrected chi connectivity index (χ1v) is 8.48. The lowest BCUT2D eigenvalue weighted by atomic mass is 9.88. The Balaban J connectivity index is 2.74. The first kappa shape index (κ1) is 16.8. The number of alkyl halides is 1. The van der Waals surface area contributed by atoms with Crippen molar-refractivity contribution < 1.29 is 8.42 Å². The molecule has 0 spiro atoms. The van der Waals surface area contributed by atoms with E-state index in [4.69, 9.17) is 23.2 Å². The Bertz CT molecular complexity index is 515. The predicted molar refractivity (Wildman–Crippen MR) is 80.4 cm³/mol. The van der Waals surface area contributed by atoms with Crippen LogP contribution in [0, 0.1) is 5.41 Å². The van der Waals surface area contributed by atoms with Crippen LogP contribution in [0.4, 0.5) is 0 Å². The van der Waals surface area contributed by atoms with Crippen molar-refractivity contribution in [3.05, 3.63) is 29.3 Å². The molecular weight excluding hydrogens is 305 g/mol. The van der Waals surface area contributed by atoms with Crippen LogP contribution in [0.25, 0.3) is 0 Å². The second-order valence-electron chi connectivity index (χ2n) is 5.21. The first-order chi connectivity index (χ1) is 8.78. The Morgan fingerprint density at radius 2 is 1.89 bits per heavy atom. The topological polar surface area (TPSA) is 46.2 Å². The van der Waals surface area contributed by atoms with E-state index >= 15 is 0 Å².